The van der Waals surface area contributed by atoms with Crippen molar-refractivity contribution < 1.29 is 29.9 Å². The van der Waals surface area contributed by atoms with Crippen molar-refractivity contribution in [1.29, 1.82) is 0 Å². The lowest BCUT2D eigenvalue weighted by atomic mass is 9.85. The van der Waals surface area contributed by atoms with Crippen LogP contribution in [0.5, 0.6) is 5.75 Å². The van der Waals surface area contributed by atoms with Crippen LogP contribution in [-0.4, -0.2) is 63.8 Å². The first-order chi connectivity index (χ1) is 17.7. The van der Waals surface area contributed by atoms with Crippen LogP contribution in [0.25, 0.3) is 0 Å². The van der Waals surface area contributed by atoms with Crippen LogP contribution in [0.1, 0.15) is 46.0 Å². The Labute approximate surface area is 215 Å². The molecule has 0 aromatic heterocycles. The Morgan fingerprint density at radius 1 is 1.03 bits per heavy atom. The fourth-order valence-electron chi connectivity index (χ4n) is 5.03. The van der Waals surface area contributed by atoms with Crippen LogP contribution in [0.4, 0.5) is 17.1 Å². The Bertz CT molecular complexity index is 1150. The number of aliphatic hydroxyl groups excluding tert-OH is 4. The number of nitrogens with one attached hydrogen (secondary N) is 2. The monoisotopic (exact) mass is 516 g/mol. The highest BCUT2D eigenvalue weighted by molar-refractivity contribution is 5.79. The molecule has 202 valence electrons. The molecule has 1 saturated heterocycles. The van der Waals surface area contributed by atoms with Gasteiger partial charge in [0.1, 0.15) is 41.5 Å². The molecule has 7 atom stereocenters. The van der Waals surface area contributed by atoms with Crippen molar-refractivity contribution in [3.63, 3.8) is 0 Å². The quantitative estimate of drug-likeness (QED) is 0.236. The van der Waals surface area contributed by atoms with Crippen LogP contribution in [0.15, 0.2) is 45.5 Å². The number of hydrogen-bond acceptors (Lipinski definition) is 10. The van der Waals surface area contributed by atoms with E-state index in [1.165, 1.54) is 5.57 Å². The van der Waals surface area contributed by atoms with Gasteiger partial charge in [0.2, 0.25) is 6.29 Å². The van der Waals surface area contributed by atoms with E-state index in [-0.39, 0.29) is 11.7 Å². The van der Waals surface area contributed by atoms with E-state index in [4.69, 9.17) is 9.47 Å². The van der Waals surface area contributed by atoms with Gasteiger partial charge < -0.3 is 40.5 Å². The maximum absolute atomic E-state index is 12.4. The minimum Gasteiger partial charge on any atom is -0.462 e. The number of benzene rings is 1. The van der Waals surface area contributed by atoms with Gasteiger partial charge in [0.15, 0.2) is 0 Å². The lowest BCUT2D eigenvalue weighted by Crippen LogP contribution is -2.60. The second kappa shape index (κ2) is 11.7. The van der Waals surface area contributed by atoms with Gasteiger partial charge >= 0.3 is 0 Å². The highest BCUT2D eigenvalue weighted by atomic mass is 16.7. The number of allylic oxidation sites excluding steroid dienone is 2. The molecule has 2 aromatic carbocycles. The predicted octanol–water partition coefficient (Wildman–Crippen LogP) is 1.53. The maximum Gasteiger partial charge on any atom is 0.253 e. The molecular weight excluding hydrogens is 480 g/mol. The summed E-state index contributed by atoms with van der Waals surface area (Å²) >= 11 is 0. The highest BCUT2D eigenvalue weighted by Crippen LogP contribution is 2.31. The molecule has 6 N–H and O–H groups in total. The van der Waals surface area contributed by atoms with E-state index in [9.17, 15) is 30.0 Å². The third-order valence-corrected chi connectivity index (χ3v) is 7.41. The molecule has 0 radical (unpaired) electrons. The summed E-state index contributed by atoms with van der Waals surface area (Å²) in [5.41, 5.74) is 1.42. The number of hydrogen-bond donors (Lipinski definition) is 6. The van der Waals surface area contributed by atoms with Crippen molar-refractivity contribution in [1.82, 2.24) is 0 Å². The Kier molecular flexibility index (Phi) is 8.66. The fourth-order valence-corrected chi connectivity index (χ4v) is 5.03. The van der Waals surface area contributed by atoms with Crippen LogP contribution in [0.3, 0.4) is 0 Å². The van der Waals surface area contributed by atoms with E-state index in [1.54, 1.807) is 24.3 Å². The molecule has 1 aliphatic heterocycles. The number of ether oxygens (including phenoxy) is 2. The topological polar surface area (TPSA) is 158 Å². The molecule has 1 saturated carbocycles. The normalized spacial score (nSPS) is 32.1. The van der Waals surface area contributed by atoms with Crippen LogP contribution in [0.2, 0.25) is 0 Å². The summed E-state index contributed by atoms with van der Waals surface area (Å²) in [7, 11) is 0. The first-order valence-electron chi connectivity index (χ1n) is 12.8. The van der Waals surface area contributed by atoms with Crippen molar-refractivity contribution in [2.24, 2.45) is 5.92 Å². The Balaban J connectivity index is 1.42. The third-order valence-electron chi connectivity index (χ3n) is 7.41. The Morgan fingerprint density at radius 3 is 2.41 bits per heavy atom. The van der Waals surface area contributed by atoms with Gasteiger partial charge in [0.25, 0.3) is 10.9 Å². The van der Waals surface area contributed by atoms with Gasteiger partial charge in [-0.15, -0.1) is 0 Å². The van der Waals surface area contributed by atoms with Gasteiger partial charge in [0, 0.05) is 11.7 Å². The molecule has 37 heavy (non-hydrogen) atoms. The molecule has 10 heteroatoms. The smallest absolute Gasteiger partial charge is 0.253 e. The molecule has 4 rings (SSSR count). The molecule has 10 nitrogen and oxygen atoms in total. The molecule has 0 spiro atoms. The molecule has 2 fully saturated rings. The highest BCUT2D eigenvalue weighted by Gasteiger charge is 2.44. The zero-order valence-corrected chi connectivity index (χ0v) is 21.1. The summed E-state index contributed by atoms with van der Waals surface area (Å²) in [5, 5.41) is 45.7. The van der Waals surface area contributed by atoms with Crippen LogP contribution >= 0.6 is 0 Å². The molecular formula is C27H36N2O8. The van der Waals surface area contributed by atoms with E-state index in [0.717, 1.165) is 32.1 Å². The molecule has 2 aromatic rings. The largest absolute Gasteiger partial charge is 0.462 e. The van der Waals surface area contributed by atoms with E-state index in [1.807, 2.05) is 0 Å². The van der Waals surface area contributed by atoms with E-state index < -0.39 is 48.2 Å². The first kappa shape index (κ1) is 27.3. The predicted molar refractivity (Wildman–Crippen MR) is 139 cm³/mol. The van der Waals surface area contributed by atoms with Gasteiger partial charge in [-0.05, 0) is 62.8 Å². The first-order valence-corrected chi connectivity index (χ1v) is 12.8. The average molecular weight is 517 g/mol. The van der Waals surface area contributed by atoms with Crippen molar-refractivity contribution in [2.45, 2.75) is 82.7 Å². The van der Waals surface area contributed by atoms with Crippen LogP contribution < -0.4 is 26.2 Å². The van der Waals surface area contributed by atoms with Crippen LogP contribution in [-0.2, 0) is 4.74 Å². The third kappa shape index (κ3) is 5.89. The second-order valence-electron chi connectivity index (χ2n) is 10.00. The van der Waals surface area contributed by atoms with Crippen molar-refractivity contribution in [3.8, 4) is 5.75 Å². The lowest BCUT2D eigenvalue weighted by molar-refractivity contribution is -0.277. The summed E-state index contributed by atoms with van der Waals surface area (Å²) < 4.78 is 11.0. The molecule has 0 bridgehead atoms. The summed E-state index contributed by atoms with van der Waals surface area (Å²) in [4.78, 5) is 24.7. The summed E-state index contributed by atoms with van der Waals surface area (Å²) in [6, 6.07) is 6.50. The number of aliphatic hydroxyl groups is 4. The molecule has 7 unspecified atom stereocenters. The maximum atomic E-state index is 12.4. The second-order valence-corrected chi connectivity index (χ2v) is 10.00. The minimum absolute atomic E-state index is 0.0911. The molecule has 0 amide bonds. The summed E-state index contributed by atoms with van der Waals surface area (Å²) in [6.45, 7) is 3.67. The fraction of sp³-hybridized carbons (Fsp3) is 0.556. The summed E-state index contributed by atoms with van der Waals surface area (Å²) in [6.07, 6.45) is 0.428. The SMILES string of the molecule is CC=C1CCCCC(Nc2c(Nc3ccc(OC4OC(CO)C(O)C(O)C4O)cc3)c(=O)c2=O)C(C)C1. The standard InChI is InChI=1S/C27H36N2O8/c1-3-15-6-4-5-7-18(14(2)12-15)29-21-20(23(32)24(21)33)28-16-8-10-17(11-9-16)36-27-26(35)25(34)22(31)19(13-30)37-27/h3,8-11,14,18-19,22,25-31,34-35H,4-7,12-13H2,1-2H3. The number of rotatable bonds is 7. The van der Waals surface area contributed by atoms with Gasteiger partial charge in [-0.3, -0.25) is 9.59 Å². The lowest BCUT2D eigenvalue weighted by Gasteiger charge is -2.39. The molecule has 1 heterocycles. The van der Waals surface area contributed by atoms with Crippen molar-refractivity contribution >= 4 is 17.1 Å². The Hall–Kier alpha value is -2.76. The zero-order chi connectivity index (χ0) is 26.7. The minimum atomic E-state index is -1.54. The zero-order valence-electron chi connectivity index (χ0n) is 21.1. The van der Waals surface area contributed by atoms with Crippen molar-refractivity contribution in [2.75, 3.05) is 17.2 Å². The Morgan fingerprint density at radius 2 is 1.73 bits per heavy atom. The van der Waals surface area contributed by atoms with Gasteiger partial charge in [-0.25, -0.2) is 0 Å². The van der Waals surface area contributed by atoms with Gasteiger partial charge in [-0.1, -0.05) is 25.0 Å². The van der Waals surface area contributed by atoms with E-state index in [2.05, 4.69) is 30.6 Å². The van der Waals surface area contributed by atoms with Gasteiger partial charge in [0.05, 0.1) is 6.61 Å². The molecule has 2 aliphatic rings. The van der Waals surface area contributed by atoms with Crippen LogP contribution in [0, 0.1) is 5.92 Å². The summed E-state index contributed by atoms with van der Waals surface area (Å²) in [5.74, 6) is 0.615. The molecule has 1 aliphatic carbocycles. The van der Waals surface area contributed by atoms with Gasteiger partial charge in [-0.2, -0.15) is 0 Å². The number of anilines is 3. The van der Waals surface area contributed by atoms with E-state index in [0.29, 0.717) is 23.0 Å². The van der Waals surface area contributed by atoms with Crippen molar-refractivity contribution in [3.05, 3.63) is 56.4 Å². The average Bonchev–Trinajstić information content (AvgIpc) is 2.90. The van der Waals surface area contributed by atoms with E-state index >= 15 is 0 Å².